The number of benzene rings is 1. The molecule has 1 aromatic carbocycles. The second-order valence-electron chi connectivity index (χ2n) is 6.41. The van der Waals surface area contributed by atoms with E-state index in [1.54, 1.807) is 23.2 Å². The molecule has 1 aromatic heterocycles. The summed E-state index contributed by atoms with van der Waals surface area (Å²) in [5.74, 6) is 0.574. The summed E-state index contributed by atoms with van der Waals surface area (Å²) in [6.45, 7) is 0. The van der Waals surface area contributed by atoms with Gasteiger partial charge in [0.05, 0.1) is 12.1 Å². The second-order valence-corrected chi connectivity index (χ2v) is 6.41. The molecule has 0 saturated heterocycles. The number of nitrogens with one attached hydrogen (secondary N) is 1. The van der Waals surface area contributed by atoms with Crippen molar-refractivity contribution in [1.29, 1.82) is 0 Å². The highest BCUT2D eigenvalue weighted by atomic mass is 16.2. The van der Waals surface area contributed by atoms with Gasteiger partial charge in [0.2, 0.25) is 11.9 Å². The van der Waals surface area contributed by atoms with Crippen molar-refractivity contribution in [2.45, 2.75) is 18.8 Å². The van der Waals surface area contributed by atoms with Gasteiger partial charge >= 0.3 is 0 Å². The number of carbonyl (C=O) groups is 2. The van der Waals surface area contributed by atoms with Crippen molar-refractivity contribution >= 4 is 23.8 Å². The van der Waals surface area contributed by atoms with Crippen LogP contribution < -0.4 is 5.32 Å². The summed E-state index contributed by atoms with van der Waals surface area (Å²) in [6, 6.07) is 7.09. The Bertz CT molecular complexity index is 931. The lowest BCUT2D eigenvalue weighted by molar-refractivity contribution is -0.127. The first kappa shape index (κ1) is 16.2. The Labute approximate surface area is 151 Å². The summed E-state index contributed by atoms with van der Waals surface area (Å²) in [5.41, 5.74) is 4.14. The molecule has 0 bridgehead atoms. The monoisotopic (exact) mass is 346 g/mol. The van der Waals surface area contributed by atoms with Gasteiger partial charge < -0.3 is 10.2 Å². The fourth-order valence-electron chi connectivity index (χ4n) is 3.33. The lowest BCUT2D eigenvalue weighted by atomic mass is 9.91. The third-order valence-corrected chi connectivity index (χ3v) is 4.77. The van der Waals surface area contributed by atoms with Gasteiger partial charge in [-0.05, 0) is 36.8 Å². The highest BCUT2D eigenvalue weighted by Gasteiger charge is 2.31. The van der Waals surface area contributed by atoms with Gasteiger partial charge in [-0.25, -0.2) is 9.97 Å². The largest absolute Gasteiger partial charge is 0.324 e. The smallest absolute Gasteiger partial charge is 0.231 e. The van der Waals surface area contributed by atoms with Crippen LogP contribution in [-0.2, 0) is 11.2 Å². The first-order valence-corrected chi connectivity index (χ1v) is 8.47. The first-order valence-electron chi connectivity index (χ1n) is 8.47. The number of nitrogens with zero attached hydrogens (tertiary/aromatic N) is 3. The molecule has 6 heteroatoms. The third kappa shape index (κ3) is 2.90. The Morgan fingerprint density at radius 2 is 2.08 bits per heavy atom. The quantitative estimate of drug-likeness (QED) is 0.865. The highest BCUT2D eigenvalue weighted by molar-refractivity contribution is 5.82. The van der Waals surface area contributed by atoms with Crippen LogP contribution in [0.4, 0.5) is 11.6 Å². The van der Waals surface area contributed by atoms with Crippen LogP contribution >= 0.6 is 0 Å². The van der Waals surface area contributed by atoms with Gasteiger partial charge in [0, 0.05) is 41.7 Å². The van der Waals surface area contributed by atoms with Gasteiger partial charge in [0.1, 0.15) is 6.29 Å². The van der Waals surface area contributed by atoms with Crippen molar-refractivity contribution in [3.63, 3.8) is 0 Å². The molecular formula is C20H18N4O2. The van der Waals surface area contributed by atoms with E-state index in [9.17, 15) is 9.59 Å². The van der Waals surface area contributed by atoms with Gasteiger partial charge in [-0.15, -0.1) is 0 Å². The number of likely N-dealkylation sites (N-methyl/N-ethyl adjacent to an activating group) is 1. The minimum atomic E-state index is 0.0454. The van der Waals surface area contributed by atoms with E-state index in [4.69, 9.17) is 4.98 Å². The molecule has 0 saturated carbocycles. The number of anilines is 2. The Kier molecular flexibility index (Phi) is 4.08. The van der Waals surface area contributed by atoms with Crippen molar-refractivity contribution in [2.24, 2.45) is 0 Å². The number of hydrogen-bond acceptors (Lipinski definition) is 5. The SMILES string of the molecule is CN1C(=O)Cc2cnc(Nc3ccc(C=O)cc3)nc2C2CC=CC=C21. The van der Waals surface area contributed by atoms with Crippen LogP contribution in [0.25, 0.3) is 0 Å². The van der Waals surface area contributed by atoms with Crippen molar-refractivity contribution in [3.8, 4) is 0 Å². The molecule has 1 atom stereocenters. The predicted octanol–water partition coefficient (Wildman–Crippen LogP) is 2.97. The normalized spacial score (nSPS) is 18.5. The van der Waals surface area contributed by atoms with Crippen molar-refractivity contribution < 1.29 is 9.59 Å². The zero-order valence-corrected chi connectivity index (χ0v) is 14.3. The minimum absolute atomic E-state index is 0.0454. The van der Waals surface area contributed by atoms with Crippen LogP contribution in [0.15, 0.2) is 54.4 Å². The molecule has 130 valence electrons. The van der Waals surface area contributed by atoms with Gasteiger partial charge in [0.15, 0.2) is 0 Å². The van der Waals surface area contributed by atoms with E-state index in [0.29, 0.717) is 17.9 Å². The minimum Gasteiger partial charge on any atom is -0.324 e. The molecule has 2 heterocycles. The molecule has 26 heavy (non-hydrogen) atoms. The highest BCUT2D eigenvalue weighted by Crippen LogP contribution is 2.36. The molecule has 1 unspecified atom stereocenters. The topological polar surface area (TPSA) is 75.2 Å². The summed E-state index contributed by atoms with van der Waals surface area (Å²) in [7, 11) is 1.81. The Morgan fingerprint density at radius 3 is 2.85 bits per heavy atom. The van der Waals surface area contributed by atoms with Crippen LogP contribution in [0.3, 0.4) is 0 Å². The van der Waals surface area contributed by atoms with E-state index in [1.807, 2.05) is 31.3 Å². The summed E-state index contributed by atoms with van der Waals surface area (Å²) in [5, 5.41) is 3.17. The van der Waals surface area contributed by atoms with Crippen molar-refractivity contribution in [1.82, 2.24) is 14.9 Å². The average molecular weight is 346 g/mol. The number of aromatic nitrogens is 2. The second kappa shape index (κ2) is 6.55. The fourth-order valence-corrected chi connectivity index (χ4v) is 3.33. The molecule has 4 rings (SSSR count). The van der Waals surface area contributed by atoms with Crippen LogP contribution in [0.5, 0.6) is 0 Å². The Morgan fingerprint density at radius 1 is 1.27 bits per heavy atom. The van der Waals surface area contributed by atoms with Crippen molar-refractivity contribution in [2.75, 3.05) is 12.4 Å². The molecule has 6 nitrogen and oxygen atoms in total. The zero-order valence-electron chi connectivity index (χ0n) is 14.3. The molecule has 0 spiro atoms. The molecule has 0 radical (unpaired) electrons. The summed E-state index contributed by atoms with van der Waals surface area (Å²) in [4.78, 5) is 34.0. The van der Waals surface area contributed by atoms with E-state index in [0.717, 1.165) is 35.3 Å². The number of rotatable bonds is 3. The van der Waals surface area contributed by atoms with Crippen molar-refractivity contribution in [3.05, 3.63) is 71.2 Å². The number of aldehydes is 1. The summed E-state index contributed by atoms with van der Waals surface area (Å²) in [6.07, 6.45) is 9.70. The maximum atomic E-state index is 12.4. The van der Waals surface area contributed by atoms with Gasteiger partial charge in [-0.3, -0.25) is 9.59 Å². The molecule has 1 N–H and O–H groups in total. The molecule has 1 aliphatic carbocycles. The van der Waals surface area contributed by atoms with Gasteiger partial charge in [-0.1, -0.05) is 12.2 Å². The van der Waals surface area contributed by atoms with Gasteiger partial charge in [-0.2, -0.15) is 0 Å². The van der Waals surface area contributed by atoms with Crippen LogP contribution in [-0.4, -0.2) is 34.1 Å². The lowest BCUT2D eigenvalue weighted by Crippen LogP contribution is -2.28. The maximum Gasteiger partial charge on any atom is 0.231 e. The van der Waals surface area contributed by atoms with Gasteiger partial charge in [0.25, 0.3) is 0 Å². The van der Waals surface area contributed by atoms with Crippen LogP contribution in [0, 0.1) is 0 Å². The van der Waals surface area contributed by atoms with E-state index in [2.05, 4.69) is 16.4 Å². The first-order chi connectivity index (χ1) is 12.7. The fraction of sp³-hybridized carbons (Fsp3) is 0.200. The third-order valence-electron chi connectivity index (χ3n) is 4.77. The van der Waals surface area contributed by atoms with Crippen LogP contribution in [0.1, 0.15) is 34.0 Å². The average Bonchev–Trinajstić information content (AvgIpc) is 2.78. The lowest BCUT2D eigenvalue weighted by Gasteiger charge is -2.26. The van der Waals surface area contributed by atoms with E-state index in [-0.39, 0.29) is 11.8 Å². The Balaban J connectivity index is 1.69. The predicted molar refractivity (Wildman–Crippen MR) is 98.2 cm³/mol. The molecule has 0 fully saturated rings. The summed E-state index contributed by atoms with van der Waals surface area (Å²) < 4.78 is 0. The maximum absolute atomic E-state index is 12.4. The van der Waals surface area contributed by atoms with E-state index < -0.39 is 0 Å². The van der Waals surface area contributed by atoms with E-state index >= 15 is 0 Å². The molecule has 2 aromatic rings. The number of carbonyl (C=O) groups excluding carboxylic acids is 2. The molecule has 2 aliphatic rings. The van der Waals surface area contributed by atoms with Crippen LogP contribution in [0.2, 0.25) is 0 Å². The number of allylic oxidation sites excluding steroid dienone is 4. The molecular weight excluding hydrogens is 328 g/mol. The number of hydrogen-bond donors (Lipinski definition) is 1. The standard InChI is InChI=1S/C20H18N4O2/c1-24-17-5-3-2-4-16(17)19-14(10-18(24)26)11-21-20(23-19)22-15-8-6-13(12-25)7-9-15/h2-3,5-9,11-12,16H,4,10H2,1H3,(H,21,22,23). The zero-order chi connectivity index (χ0) is 18.1. The van der Waals surface area contributed by atoms with E-state index in [1.165, 1.54) is 0 Å². The summed E-state index contributed by atoms with van der Waals surface area (Å²) >= 11 is 0. The number of fused-ring (bicyclic) bond motifs is 3. The Hall–Kier alpha value is -3.28. The molecule has 1 aliphatic heterocycles. The number of amides is 1. The molecule has 1 amide bonds.